The van der Waals surface area contributed by atoms with Crippen LogP contribution in [0.3, 0.4) is 0 Å². The Labute approximate surface area is 156 Å². The summed E-state index contributed by atoms with van der Waals surface area (Å²) in [6.45, 7) is 6.07. The first-order valence-corrected chi connectivity index (χ1v) is 9.28. The lowest BCUT2D eigenvalue weighted by Crippen LogP contribution is -2.43. The van der Waals surface area contributed by atoms with Crippen molar-refractivity contribution in [3.63, 3.8) is 0 Å². The number of nitrogens with one attached hydrogen (secondary N) is 2. The molecule has 0 unspecified atom stereocenters. The standard InChI is InChI=1S/C21H28N4O/c1-24-13-15-25(16-14-24)17-19-7-9-20(10-8-19)23-21(26)22-12-11-18-5-3-2-4-6-18/h2-10H,11-17H2,1H3,(H2,22,23,26). The van der Waals surface area contributed by atoms with E-state index < -0.39 is 0 Å². The Morgan fingerprint density at radius 1 is 0.923 bits per heavy atom. The maximum atomic E-state index is 12.0. The molecule has 0 spiro atoms. The fourth-order valence-electron chi connectivity index (χ4n) is 3.10. The Morgan fingerprint density at radius 3 is 2.31 bits per heavy atom. The van der Waals surface area contributed by atoms with Crippen LogP contribution in [0.4, 0.5) is 10.5 Å². The van der Waals surface area contributed by atoms with Gasteiger partial charge in [0.15, 0.2) is 0 Å². The van der Waals surface area contributed by atoms with Crippen LogP contribution < -0.4 is 10.6 Å². The zero-order valence-corrected chi connectivity index (χ0v) is 15.4. The maximum absolute atomic E-state index is 12.0. The van der Waals surface area contributed by atoms with Crippen molar-refractivity contribution in [1.82, 2.24) is 15.1 Å². The van der Waals surface area contributed by atoms with Crippen LogP contribution in [0.15, 0.2) is 54.6 Å². The third kappa shape index (κ3) is 5.86. The van der Waals surface area contributed by atoms with E-state index in [0.29, 0.717) is 6.54 Å². The Hall–Kier alpha value is -2.37. The maximum Gasteiger partial charge on any atom is 0.319 e. The van der Waals surface area contributed by atoms with Crippen LogP contribution in [0.1, 0.15) is 11.1 Å². The highest BCUT2D eigenvalue weighted by atomic mass is 16.2. The fraction of sp³-hybridized carbons (Fsp3) is 0.381. The summed E-state index contributed by atoms with van der Waals surface area (Å²) < 4.78 is 0. The minimum Gasteiger partial charge on any atom is -0.338 e. The monoisotopic (exact) mass is 352 g/mol. The molecule has 0 aromatic heterocycles. The van der Waals surface area contributed by atoms with E-state index in [-0.39, 0.29) is 6.03 Å². The Bertz CT molecular complexity index is 679. The summed E-state index contributed by atoms with van der Waals surface area (Å²) in [6, 6.07) is 18.1. The molecule has 5 heteroatoms. The summed E-state index contributed by atoms with van der Waals surface area (Å²) in [5, 5.41) is 5.80. The van der Waals surface area contributed by atoms with Gasteiger partial charge in [0.05, 0.1) is 0 Å². The second kappa shape index (κ2) is 9.36. The van der Waals surface area contributed by atoms with Gasteiger partial charge in [-0.3, -0.25) is 4.90 Å². The quantitative estimate of drug-likeness (QED) is 0.840. The molecule has 26 heavy (non-hydrogen) atoms. The number of carbonyl (C=O) groups excluding carboxylic acids is 1. The molecule has 1 aliphatic heterocycles. The molecule has 5 nitrogen and oxygen atoms in total. The van der Waals surface area contributed by atoms with Gasteiger partial charge >= 0.3 is 6.03 Å². The van der Waals surface area contributed by atoms with Crippen LogP contribution in [0.2, 0.25) is 0 Å². The van der Waals surface area contributed by atoms with Gasteiger partial charge in [0.1, 0.15) is 0 Å². The lowest BCUT2D eigenvalue weighted by Gasteiger charge is -2.32. The van der Waals surface area contributed by atoms with Gasteiger partial charge in [-0.25, -0.2) is 4.79 Å². The lowest BCUT2D eigenvalue weighted by molar-refractivity contribution is 0.148. The number of rotatable bonds is 6. The van der Waals surface area contributed by atoms with Gasteiger partial charge < -0.3 is 15.5 Å². The van der Waals surface area contributed by atoms with Gasteiger partial charge in [-0.15, -0.1) is 0 Å². The predicted octanol–water partition coefficient (Wildman–Crippen LogP) is 2.80. The Balaban J connectivity index is 1.40. The number of benzene rings is 2. The molecule has 0 aliphatic carbocycles. The van der Waals surface area contributed by atoms with Gasteiger partial charge in [0, 0.05) is 45.0 Å². The highest BCUT2D eigenvalue weighted by molar-refractivity contribution is 5.89. The van der Waals surface area contributed by atoms with Crippen molar-refractivity contribution in [2.45, 2.75) is 13.0 Å². The minimum absolute atomic E-state index is 0.159. The molecule has 2 aromatic carbocycles. The zero-order chi connectivity index (χ0) is 18.2. The number of hydrogen-bond donors (Lipinski definition) is 2. The number of hydrogen-bond acceptors (Lipinski definition) is 3. The van der Waals surface area contributed by atoms with E-state index in [1.807, 2.05) is 30.3 Å². The average molecular weight is 352 g/mol. The van der Waals surface area contributed by atoms with E-state index in [2.05, 4.69) is 51.7 Å². The number of urea groups is 1. The van der Waals surface area contributed by atoms with Gasteiger partial charge in [-0.05, 0) is 36.7 Å². The molecule has 1 aliphatic rings. The van der Waals surface area contributed by atoms with E-state index >= 15 is 0 Å². The van der Waals surface area contributed by atoms with E-state index in [1.54, 1.807) is 0 Å². The Kier molecular flexibility index (Phi) is 6.63. The molecule has 2 amide bonds. The highest BCUT2D eigenvalue weighted by Gasteiger charge is 2.13. The van der Waals surface area contributed by atoms with Crippen molar-refractivity contribution in [2.24, 2.45) is 0 Å². The van der Waals surface area contributed by atoms with Crippen molar-refractivity contribution in [3.8, 4) is 0 Å². The molecule has 2 N–H and O–H groups in total. The first-order chi connectivity index (χ1) is 12.7. The van der Waals surface area contributed by atoms with Crippen LogP contribution in [0.5, 0.6) is 0 Å². The molecule has 0 atom stereocenters. The largest absolute Gasteiger partial charge is 0.338 e. The normalized spacial score (nSPS) is 15.6. The molecule has 1 saturated heterocycles. The van der Waals surface area contributed by atoms with E-state index in [0.717, 1.165) is 44.8 Å². The number of amides is 2. The molecule has 138 valence electrons. The van der Waals surface area contributed by atoms with Crippen LogP contribution in [-0.2, 0) is 13.0 Å². The van der Waals surface area contributed by atoms with Crippen molar-refractivity contribution >= 4 is 11.7 Å². The summed E-state index contributed by atoms with van der Waals surface area (Å²) in [5.41, 5.74) is 3.33. The Morgan fingerprint density at radius 2 is 1.62 bits per heavy atom. The molecule has 0 saturated carbocycles. The SMILES string of the molecule is CN1CCN(Cc2ccc(NC(=O)NCCc3ccccc3)cc2)CC1. The predicted molar refractivity (Wildman–Crippen MR) is 106 cm³/mol. The smallest absolute Gasteiger partial charge is 0.319 e. The van der Waals surface area contributed by atoms with Crippen LogP contribution in [0, 0.1) is 0 Å². The molecule has 1 heterocycles. The molecule has 0 bridgehead atoms. The van der Waals surface area contributed by atoms with Crippen molar-refractivity contribution in [3.05, 3.63) is 65.7 Å². The average Bonchev–Trinajstić information content (AvgIpc) is 2.66. The molecular weight excluding hydrogens is 324 g/mol. The second-order valence-corrected chi connectivity index (χ2v) is 6.89. The fourth-order valence-corrected chi connectivity index (χ4v) is 3.10. The highest BCUT2D eigenvalue weighted by Crippen LogP contribution is 2.12. The van der Waals surface area contributed by atoms with E-state index in [9.17, 15) is 4.79 Å². The van der Waals surface area contributed by atoms with Crippen molar-refractivity contribution in [1.29, 1.82) is 0 Å². The lowest BCUT2D eigenvalue weighted by atomic mass is 10.1. The third-order valence-electron chi connectivity index (χ3n) is 4.76. The van der Waals surface area contributed by atoms with Crippen molar-refractivity contribution in [2.75, 3.05) is 45.1 Å². The summed E-state index contributed by atoms with van der Waals surface area (Å²) in [4.78, 5) is 16.8. The van der Waals surface area contributed by atoms with Gasteiger partial charge in [0.2, 0.25) is 0 Å². The minimum atomic E-state index is -0.159. The van der Waals surface area contributed by atoms with Gasteiger partial charge in [-0.1, -0.05) is 42.5 Å². The number of anilines is 1. The van der Waals surface area contributed by atoms with Crippen LogP contribution in [-0.4, -0.2) is 55.6 Å². The van der Waals surface area contributed by atoms with Gasteiger partial charge in [-0.2, -0.15) is 0 Å². The molecule has 1 fully saturated rings. The molecule has 0 radical (unpaired) electrons. The second-order valence-electron chi connectivity index (χ2n) is 6.89. The first-order valence-electron chi connectivity index (χ1n) is 9.28. The molecule has 3 rings (SSSR count). The first kappa shape index (κ1) is 18.4. The molecular formula is C21H28N4O. The topological polar surface area (TPSA) is 47.6 Å². The summed E-state index contributed by atoms with van der Waals surface area (Å²) in [6.07, 6.45) is 0.832. The number of carbonyl (C=O) groups is 1. The summed E-state index contributed by atoms with van der Waals surface area (Å²) >= 11 is 0. The third-order valence-corrected chi connectivity index (χ3v) is 4.76. The van der Waals surface area contributed by atoms with Gasteiger partial charge in [0.25, 0.3) is 0 Å². The zero-order valence-electron chi connectivity index (χ0n) is 15.4. The number of likely N-dealkylation sites (N-methyl/N-ethyl adjacent to an activating group) is 1. The van der Waals surface area contributed by atoms with E-state index in [4.69, 9.17) is 0 Å². The molecule has 2 aromatic rings. The summed E-state index contributed by atoms with van der Waals surface area (Å²) in [5.74, 6) is 0. The van der Waals surface area contributed by atoms with Crippen molar-refractivity contribution < 1.29 is 4.79 Å². The van der Waals surface area contributed by atoms with E-state index in [1.165, 1.54) is 11.1 Å². The number of piperazine rings is 1. The van der Waals surface area contributed by atoms with Crippen LogP contribution >= 0.6 is 0 Å². The number of nitrogens with zero attached hydrogens (tertiary/aromatic N) is 2. The summed E-state index contributed by atoms with van der Waals surface area (Å²) in [7, 11) is 2.17. The van der Waals surface area contributed by atoms with Crippen LogP contribution in [0.25, 0.3) is 0 Å².